The summed E-state index contributed by atoms with van der Waals surface area (Å²) in [4.78, 5) is 24.6. The van der Waals surface area contributed by atoms with Crippen LogP contribution in [-0.4, -0.2) is 40.6 Å². The van der Waals surface area contributed by atoms with Crippen molar-refractivity contribution >= 4 is 11.6 Å². The van der Waals surface area contributed by atoms with E-state index >= 15 is 0 Å². The average molecular weight is 236 g/mol. The van der Waals surface area contributed by atoms with E-state index in [0.29, 0.717) is 18.7 Å². The maximum absolute atomic E-state index is 11.7. The number of carbonyl (C=O) groups is 1. The van der Waals surface area contributed by atoms with Gasteiger partial charge in [-0.15, -0.1) is 0 Å². The molecule has 1 aromatic heterocycles. The first-order chi connectivity index (χ1) is 8.25. The van der Waals surface area contributed by atoms with Crippen molar-refractivity contribution in [3.05, 3.63) is 22.6 Å². The molecule has 2 heterocycles. The van der Waals surface area contributed by atoms with Crippen molar-refractivity contribution in [1.82, 2.24) is 15.1 Å². The molecule has 0 spiro atoms. The van der Waals surface area contributed by atoms with Crippen molar-refractivity contribution in [2.45, 2.75) is 19.3 Å². The number of nitrogens with zero attached hydrogens (tertiary/aromatic N) is 2. The van der Waals surface area contributed by atoms with Crippen LogP contribution >= 0.6 is 0 Å². The molecule has 1 saturated heterocycles. The summed E-state index contributed by atoms with van der Waals surface area (Å²) in [6.45, 7) is 2.29. The first-order valence-electron chi connectivity index (χ1n) is 5.82. The van der Waals surface area contributed by atoms with Gasteiger partial charge in [-0.2, -0.15) is 5.10 Å². The molecule has 1 aliphatic heterocycles. The van der Waals surface area contributed by atoms with E-state index in [2.05, 4.69) is 15.5 Å². The van der Waals surface area contributed by atoms with Crippen molar-refractivity contribution in [1.29, 1.82) is 0 Å². The summed E-state index contributed by atoms with van der Waals surface area (Å²) >= 11 is 0. The van der Waals surface area contributed by atoms with Gasteiger partial charge in [-0.25, -0.2) is 5.10 Å². The van der Waals surface area contributed by atoms with Gasteiger partial charge in [0.1, 0.15) is 0 Å². The Hall–Kier alpha value is -1.85. The molecular formula is C11H16N4O2. The summed E-state index contributed by atoms with van der Waals surface area (Å²) in [7, 11) is 0. The van der Waals surface area contributed by atoms with E-state index in [1.165, 1.54) is 12.3 Å². The molecule has 1 aromatic rings. The lowest BCUT2D eigenvalue weighted by Crippen LogP contribution is -2.29. The molecule has 2 N–H and O–H groups in total. The van der Waals surface area contributed by atoms with Gasteiger partial charge in [0.15, 0.2) is 0 Å². The van der Waals surface area contributed by atoms with E-state index in [4.69, 9.17) is 0 Å². The lowest BCUT2D eigenvalue weighted by Gasteiger charge is -2.15. The highest BCUT2D eigenvalue weighted by Gasteiger charge is 2.16. The van der Waals surface area contributed by atoms with Crippen LogP contribution in [0.25, 0.3) is 0 Å². The Labute approximate surface area is 99.0 Å². The molecule has 1 fully saturated rings. The molecule has 1 aliphatic rings. The minimum absolute atomic E-state index is 0.174. The van der Waals surface area contributed by atoms with Crippen LogP contribution in [0.2, 0.25) is 0 Å². The minimum atomic E-state index is -0.249. The number of likely N-dealkylation sites (tertiary alicyclic amines) is 1. The largest absolute Gasteiger partial charge is 0.383 e. The van der Waals surface area contributed by atoms with Gasteiger partial charge >= 0.3 is 0 Å². The zero-order valence-corrected chi connectivity index (χ0v) is 9.61. The minimum Gasteiger partial charge on any atom is -0.383 e. The van der Waals surface area contributed by atoms with Crippen LogP contribution < -0.4 is 10.9 Å². The van der Waals surface area contributed by atoms with Gasteiger partial charge in [0.2, 0.25) is 5.91 Å². The molecular weight excluding hydrogens is 220 g/mol. The Kier molecular flexibility index (Phi) is 3.74. The summed E-state index contributed by atoms with van der Waals surface area (Å²) in [6, 6.07) is 1.42. The standard InChI is InChI=1S/C11H16N4O2/c16-10-7-9(8-13-14-10)12-4-3-11(17)15-5-1-2-6-15/h7-8H,1-6H2,(H2,12,14,16). The fraction of sp³-hybridized carbons (Fsp3) is 0.545. The highest BCUT2D eigenvalue weighted by atomic mass is 16.2. The SMILES string of the molecule is O=C(CCNc1cn[nH]c(=O)c1)N1CCCC1. The van der Waals surface area contributed by atoms with Crippen LogP contribution in [0.1, 0.15) is 19.3 Å². The quantitative estimate of drug-likeness (QED) is 0.782. The van der Waals surface area contributed by atoms with Crippen LogP contribution in [0.15, 0.2) is 17.1 Å². The molecule has 0 unspecified atom stereocenters. The Bertz CT molecular complexity index is 437. The van der Waals surface area contributed by atoms with Gasteiger partial charge in [0, 0.05) is 32.1 Å². The molecule has 1 amide bonds. The van der Waals surface area contributed by atoms with Crippen LogP contribution in [0.5, 0.6) is 0 Å². The van der Waals surface area contributed by atoms with Crippen molar-refractivity contribution in [2.24, 2.45) is 0 Å². The molecule has 92 valence electrons. The lowest BCUT2D eigenvalue weighted by atomic mass is 10.3. The number of aromatic amines is 1. The number of carbonyl (C=O) groups excluding carboxylic acids is 1. The zero-order valence-electron chi connectivity index (χ0n) is 9.61. The summed E-state index contributed by atoms with van der Waals surface area (Å²) in [6.07, 6.45) is 4.20. The highest BCUT2D eigenvalue weighted by molar-refractivity contribution is 5.76. The Balaban J connectivity index is 1.75. The summed E-state index contributed by atoms with van der Waals surface area (Å²) in [5.74, 6) is 0.174. The third-order valence-electron chi connectivity index (χ3n) is 2.79. The number of hydrogen-bond donors (Lipinski definition) is 2. The number of hydrogen-bond acceptors (Lipinski definition) is 4. The monoisotopic (exact) mass is 236 g/mol. The molecule has 0 aromatic carbocycles. The lowest BCUT2D eigenvalue weighted by molar-refractivity contribution is -0.129. The number of nitrogens with one attached hydrogen (secondary N) is 2. The van der Waals surface area contributed by atoms with Crippen LogP contribution in [0.4, 0.5) is 5.69 Å². The highest BCUT2D eigenvalue weighted by Crippen LogP contribution is 2.09. The van der Waals surface area contributed by atoms with Crippen LogP contribution in [0.3, 0.4) is 0 Å². The zero-order chi connectivity index (χ0) is 12.1. The van der Waals surface area contributed by atoms with Gasteiger partial charge < -0.3 is 10.2 Å². The first-order valence-corrected chi connectivity index (χ1v) is 5.82. The van der Waals surface area contributed by atoms with Gasteiger partial charge in [0.25, 0.3) is 5.56 Å². The van der Waals surface area contributed by atoms with Gasteiger partial charge in [-0.1, -0.05) is 0 Å². The summed E-state index contributed by atoms with van der Waals surface area (Å²) in [5.41, 5.74) is 0.392. The Morgan fingerprint density at radius 1 is 1.47 bits per heavy atom. The van der Waals surface area contributed by atoms with E-state index < -0.39 is 0 Å². The molecule has 0 bridgehead atoms. The van der Waals surface area contributed by atoms with Crippen molar-refractivity contribution in [3.63, 3.8) is 0 Å². The van der Waals surface area contributed by atoms with E-state index in [9.17, 15) is 9.59 Å². The van der Waals surface area contributed by atoms with E-state index in [-0.39, 0.29) is 11.5 Å². The molecule has 0 aliphatic carbocycles. The maximum Gasteiger partial charge on any atom is 0.266 e. The predicted octanol–water partition coefficient (Wildman–Crippen LogP) is 0.194. The average Bonchev–Trinajstić information content (AvgIpc) is 2.82. The number of anilines is 1. The number of rotatable bonds is 4. The summed E-state index contributed by atoms with van der Waals surface area (Å²) < 4.78 is 0. The van der Waals surface area contributed by atoms with E-state index in [1.54, 1.807) is 0 Å². The normalized spacial score (nSPS) is 14.9. The topological polar surface area (TPSA) is 78.1 Å². The first kappa shape index (κ1) is 11.6. The summed E-state index contributed by atoms with van der Waals surface area (Å²) in [5, 5.41) is 8.97. The number of aromatic nitrogens is 2. The van der Waals surface area contributed by atoms with Crippen molar-refractivity contribution < 1.29 is 4.79 Å². The van der Waals surface area contributed by atoms with Gasteiger partial charge in [-0.05, 0) is 12.8 Å². The van der Waals surface area contributed by atoms with E-state index in [1.807, 2.05) is 4.90 Å². The van der Waals surface area contributed by atoms with Crippen molar-refractivity contribution in [2.75, 3.05) is 25.0 Å². The number of amides is 1. The second kappa shape index (κ2) is 5.47. The molecule has 0 saturated carbocycles. The number of H-pyrrole nitrogens is 1. The third-order valence-corrected chi connectivity index (χ3v) is 2.79. The molecule has 17 heavy (non-hydrogen) atoms. The molecule has 2 rings (SSSR count). The fourth-order valence-electron chi connectivity index (χ4n) is 1.91. The smallest absolute Gasteiger partial charge is 0.266 e. The maximum atomic E-state index is 11.7. The van der Waals surface area contributed by atoms with Gasteiger partial charge in [0.05, 0.1) is 11.9 Å². The third kappa shape index (κ3) is 3.30. The molecule has 6 nitrogen and oxygen atoms in total. The predicted molar refractivity (Wildman–Crippen MR) is 63.8 cm³/mol. The fourth-order valence-corrected chi connectivity index (χ4v) is 1.91. The molecule has 6 heteroatoms. The molecule has 0 atom stereocenters. The van der Waals surface area contributed by atoms with E-state index in [0.717, 1.165) is 25.9 Å². The Morgan fingerprint density at radius 2 is 2.24 bits per heavy atom. The van der Waals surface area contributed by atoms with Crippen LogP contribution in [-0.2, 0) is 4.79 Å². The second-order valence-corrected chi connectivity index (χ2v) is 4.10. The van der Waals surface area contributed by atoms with Gasteiger partial charge in [-0.3, -0.25) is 9.59 Å². The van der Waals surface area contributed by atoms with Crippen LogP contribution in [0, 0.1) is 0 Å². The molecule has 0 radical (unpaired) electrons. The second-order valence-electron chi connectivity index (χ2n) is 4.10. The Morgan fingerprint density at radius 3 is 2.94 bits per heavy atom. The van der Waals surface area contributed by atoms with Crippen molar-refractivity contribution in [3.8, 4) is 0 Å².